The number of thiazole rings is 1. The fourth-order valence-corrected chi connectivity index (χ4v) is 4.04. The van der Waals surface area contributed by atoms with E-state index in [1.807, 2.05) is 43.1 Å². The fourth-order valence-electron chi connectivity index (χ4n) is 3.43. The van der Waals surface area contributed by atoms with Gasteiger partial charge in [0.15, 0.2) is 5.96 Å². The summed E-state index contributed by atoms with van der Waals surface area (Å²) >= 11 is 1.65. The van der Waals surface area contributed by atoms with Crippen molar-refractivity contribution in [1.29, 1.82) is 0 Å². The SMILES string of the molecule is CN=C(NCc1cccc(NC(=O)CCN2CCOCC2)c1)N(C)Cc1csc(C)n1.I. The summed E-state index contributed by atoms with van der Waals surface area (Å²) < 4.78 is 5.35. The summed E-state index contributed by atoms with van der Waals surface area (Å²) in [6.07, 6.45) is 0.482. The summed E-state index contributed by atoms with van der Waals surface area (Å²) in [5.74, 6) is 0.830. The zero-order chi connectivity index (χ0) is 22.1. The van der Waals surface area contributed by atoms with E-state index in [1.165, 1.54) is 0 Å². The Labute approximate surface area is 211 Å². The lowest BCUT2D eigenvalue weighted by molar-refractivity contribution is -0.116. The van der Waals surface area contributed by atoms with Crippen molar-refractivity contribution in [2.45, 2.75) is 26.4 Å². The maximum Gasteiger partial charge on any atom is 0.225 e. The number of carbonyl (C=O) groups is 1. The molecule has 2 N–H and O–H groups in total. The van der Waals surface area contributed by atoms with Crippen LogP contribution in [0.4, 0.5) is 5.69 Å². The minimum atomic E-state index is 0. The highest BCUT2D eigenvalue weighted by Crippen LogP contribution is 2.12. The van der Waals surface area contributed by atoms with Crippen LogP contribution in [0.3, 0.4) is 0 Å². The summed E-state index contributed by atoms with van der Waals surface area (Å²) in [4.78, 5) is 25.5. The third-order valence-electron chi connectivity index (χ3n) is 5.06. The molecule has 1 aromatic carbocycles. The molecule has 2 heterocycles. The Morgan fingerprint density at radius 2 is 2.12 bits per heavy atom. The van der Waals surface area contributed by atoms with Crippen LogP contribution < -0.4 is 10.6 Å². The average molecular weight is 573 g/mol. The summed E-state index contributed by atoms with van der Waals surface area (Å²) in [5.41, 5.74) is 2.92. The fraction of sp³-hybridized carbons (Fsp3) is 0.500. The quantitative estimate of drug-likeness (QED) is 0.288. The van der Waals surface area contributed by atoms with E-state index in [1.54, 1.807) is 18.4 Å². The van der Waals surface area contributed by atoms with Gasteiger partial charge in [-0.05, 0) is 24.6 Å². The number of nitrogens with one attached hydrogen (secondary N) is 2. The molecule has 32 heavy (non-hydrogen) atoms. The van der Waals surface area contributed by atoms with Crippen LogP contribution in [-0.2, 0) is 22.6 Å². The van der Waals surface area contributed by atoms with Crippen molar-refractivity contribution in [3.63, 3.8) is 0 Å². The van der Waals surface area contributed by atoms with Crippen LogP contribution in [0.15, 0.2) is 34.6 Å². The first-order valence-electron chi connectivity index (χ1n) is 10.5. The average Bonchev–Trinajstić information content (AvgIpc) is 3.18. The first kappa shape index (κ1) is 26.5. The number of nitrogens with zero attached hydrogens (tertiary/aromatic N) is 4. The second kappa shape index (κ2) is 13.7. The lowest BCUT2D eigenvalue weighted by atomic mass is 10.2. The molecule has 1 aromatic heterocycles. The predicted octanol–water partition coefficient (Wildman–Crippen LogP) is 2.94. The Hall–Kier alpha value is -1.76. The number of benzene rings is 1. The number of aliphatic imine (C=N–C) groups is 1. The summed E-state index contributed by atoms with van der Waals surface area (Å²) in [7, 11) is 3.77. The van der Waals surface area contributed by atoms with E-state index in [4.69, 9.17) is 4.74 Å². The Balaban J connectivity index is 0.00000363. The zero-order valence-electron chi connectivity index (χ0n) is 19.0. The molecular weight excluding hydrogens is 539 g/mol. The van der Waals surface area contributed by atoms with E-state index >= 15 is 0 Å². The summed E-state index contributed by atoms with van der Waals surface area (Å²) in [5, 5.41) is 9.53. The summed E-state index contributed by atoms with van der Waals surface area (Å²) in [6, 6.07) is 7.91. The first-order chi connectivity index (χ1) is 15.0. The van der Waals surface area contributed by atoms with Gasteiger partial charge in [0.25, 0.3) is 0 Å². The van der Waals surface area contributed by atoms with E-state index in [-0.39, 0.29) is 29.9 Å². The van der Waals surface area contributed by atoms with Gasteiger partial charge in [-0.25, -0.2) is 4.98 Å². The third-order valence-corrected chi connectivity index (χ3v) is 5.88. The van der Waals surface area contributed by atoms with Gasteiger partial charge in [-0.2, -0.15) is 0 Å². The van der Waals surface area contributed by atoms with Crippen LogP contribution in [0.2, 0.25) is 0 Å². The van der Waals surface area contributed by atoms with Gasteiger partial charge >= 0.3 is 0 Å². The number of amides is 1. The van der Waals surface area contributed by atoms with Gasteiger partial charge in [-0.1, -0.05) is 12.1 Å². The van der Waals surface area contributed by atoms with E-state index in [2.05, 4.69) is 30.9 Å². The van der Waals surface area contributed by atoms with Crippen LogP contribution >= 0.6 is 35.3 Å². The second-order valence-electron chi connectivity index (χ2n) is 7.57. The Morgan fingerprint density at radius 1 is 1.34 bits per heavy atom. The minimum absolute atomic E-state index is 0. The molecule has 1 aliphatic heterocycles. The number of aryl methyl sites for hydroxylation is 1. The minimum Gasteiger partial charge on any atom is -0.379 e. The molecule has 0 bridgehead atoms. The van der Waals surface area contributed by atoms with Crippen LogP contribution in [0.1, 0.15) is 22.7 Å². The van der Waals surface area contributed by atoms with Gasteiger partial charge < -0.3 is 20.3 Å². The molecule has 1 aliphatic rings. The Kier molecular flexibility index (Phi) is 11.4. The van der Waals surface area contributed by atoms with Gasteiger partial charge in [0.05, 0.1) is 30.5 Å². The van der Waals surface area contributed by atoms with Gasteiger partial charge in [-0.15, -0.1) is 35.3 Å². The maximum absolute atomic E-state index is 12.3. The zero-order valence-corrected chi connectivity index (χ0v) is 22.1. The second-order valence-corrected chi connectivity index (χ2v) is 8.63. The lowest BCUT2D eigenvalue weighted by Gasteiger charge is -2.26. The molecule has 1 fully saturated rings. The molecule has 0 unspecified atom stereocenters. The molecule has 0 atom stereocenters. The third kappa shape index (κ3) is 8.64. The first-order valence-corrected chi connectivity index (χ1v) is 11.4. The lowest BCUT2D eigenvalue weighted by Crippen LogP contribution is -2.38. The van der Waals surface area contributed by atoms with Crippen molar-refractivity contribution in [2.24, 2.45) is 4.99 Å². The monoisotopic (exact) mass is 572 g/mol. The number of hydrogen-bond donors (Lipinski definition) is 2. The number of halogens is 1. The van der Waals surface area contributed by atoms with E-state index in [0.717, 1.165) is 60.8 Å². The molecule has 2 aromatic rings. The van der Waals surface area contributed by atoms with Crippen molar-refractivity contribution >= 4 is 52.9 Å². The topological polar surface area (TPSA) is 82.1 Å². The molecule has 176 valence electrons. The molecular formula is C22H33IN6O2S. The molecule has 3 rings (SSSR count). The van der Waals surface area contributed by atoms with E-state index in [9.17, 15) is 4.79 Å². The number of hydrogen-bond acceptors (Lipinski definition) is 6. The Morgan fingerprint density at radius 3 is 2.81 bits per heavy atom. The van der Waals surface area contributed by atoms with Crippen molar-refractivity contribution in [3.05, 3.63) is 45.9 Å². The molecule has 1 saturated heterocycles. The smallest absolute Gasteiger partial charge is 0.225 e. The number of carbonyl (C=O) groups excluding carboxylic acids is 1. The highest BCUT2D eigenvalue weighted by molar-refractivity contribution is 14.0. The molecule has 0 spiro atoms. The highest BCUT2D eigenvalue weighted by Gasteiger charge is 2.12. The van der Waals surface area contributed by atoms with Crippen molar-refractivity contribution in [1.82, 2.24) is 20.1 Å². The van der Waals surface area contributed by atoms with Crippen LogP contribution in [0, 0.1) is 6.92 Å². The number of anilines is 1. The van der Waals surface area contributed by atoms with Gasteiger partial charge in [0.2, 0.25) is 5.91 Å². The number of rotatable bonds is 8. The largest absolute Gasteiger partial charge is 0.379 e. The van der Waals surface area contributed by atoms with Gasteiger partial charge in [-0.3, -0.25) is 14.7 Å². The van der Waals surface area contributed by atoms with Crippen LogP contribution in [-0.4, -0.2) is 73.6 Å². The van der Waals surface area contributed by atoms with Crippen molar-refractivity contribution in [3.8, 4) is 0 Å². The molecule has 0 saturated carbocycles. The number of aromatic nitrogens is 1. The molecule has 1 amide bonds. The normalized spacial score (nSPS) is 14.5. The number of ether oxygens (including phenoxy) is 1. The molecule has 8 nitrogen and oxygen atoms in total. The molecule has 0 aliphatic carbocycles. The van der Waals surface area contributed by atoms with Gasteiger partial charge in [0, 0.05) is 57.8 Å². The molecule has 0 radical (unpaired) electrons. The van der Waals surface area contributed by atoms with Crippen molar-refractivity contribution in [2.75, 3.05) is 52.3 Å². The van der Waals surface area contributed by atoms with Crippen LogP contribution in [0.5, 0.6) is 0 Å². The standard InChI is InChI=1S/C22H32N6O2S.HI/c1-17-25-20(16-31-17)15-27(3)22(23-2)24-14-18-5-4-6-19(13-18)26-21(29)7-8-28-9-11-30-12-10-28;/h4-6,13,16H,7-12,14-15H2,1-3H3,(H,23,24)(H,26,29);1H. The predicted molar refractivity (Wildman–Crippen MR) is 141 cm³/mol. The maximum atomic E-state index is 12.3. The number of morpholine rings is 1. The van der Waals surface area contributed by atoms with Gasteiger partial charge in [0.1, 0.15) is 0 Å². The highest BCUT2D eigenvalue weighted by atomic mass is 127. The number of guanidine groups is 1. The van der Waals surface area contributed by atoms with E-state index in [0.29, 0.717) is 19.5 Å². The van der Waals surface area contributed by atoms with Crippen molar-refractivity contribution < 1.29 is 9.53 Å². The van der Waals surface area contributed by atoms with Crippen LogP contribution in [0.25, 0.3) is 0 Å². The van der Waals surface area contributed by atoms with E-state index < -0.39 is 0 Å². The Bertz CT molecular complexity index is 885. The molecule has 10 heteroatoms. The summed E-state index contributed by atoms with van der Waals surface area (Å²) in [6.45, 7) is 7.37.